The Labute approximate surface area is 110 Å². The second-order valence-electron chi connectivity index (χ2n) is 5.17. The van der Waals surface area contributed by atoms with E-state index in [1.165, 1.54) is 24.8 Å². The van der Waals surface area contributed by atoms with Crippen molar-refractivity contribution in [1.29, 1.82) is 0 Å². The summed E-state index contributed by atoms with van der Waals surface area (Å²) in [5.74, 6) is 0. The lowest BCUT2D eigenvalue weighted by molar-refractivity contribution is 0.282. The molecule has 0 aromatic heterocycles. The van der Waals surface area contributed by atoms with Gasteiger partial charge in [-0.25, -0.2) is 0 Å². The molecular formula is C16H24N2. The van der Waals surface area contributed by atoms with E-state index in [-0.39, 0.29) is 6.04 Å². The molecule has 2 heteroatoms. The normalized spacial score (nSPS) is 16.8. The summed E-state index contributed by atoms with van der Waals surface area (Å²) in [5.41, 5.74) is 7.46. The summed E-state index contributed by atoms with van der Waals surface area (Å²) in [6.45, 7) is 6.00. The van der Waals surface area contributed by atoms with E-state index >= 15 is 0 Å². The molecule has 1 aliphatic rings. The van der Waals surface area contributed by atoms with Gasteiger partial charge in [-0.2, -0.15) is 0 Å². The molecule has 1 aliphatic carbocycles. The molecule has 18 heavy (non-hydrogen) atoms. The van der Waals surface area contributed by atoms with Crippen LogP contribution in [-0.4, -0.2) is 24.0 Å². The number of rotatable bonds is 8. The third-order valence-electron chi connectivity index (χ3n) is 3.62. The summed E-state index contributed by atoms with van der Waals surface area (Å²) < 4.78 is 0. The lowest BCUT2D eigenvalue weighted by atomic mass is 10.0. The van der Waals surface area contributed by atoms with Crippen LogP contribution in [0.3, 0.4) is 0 Å². The van der Waals surface area contributed by atoms with Crippen molar-refractivity contribution >= 4 is 0 Å². The van der Waals surface area contributed by atoms with Crippen LogP contribution in [0.15, 0.2) is 43.0 Å². The van der Waals surface area contributed by atoms with Gasteiger partial charge >= 0.3 is 0 Å². The fourth-order valence-electron chi connectivity index (χ4n) is 2.41. The molecule has 0 bridgehead atoms. The predicted octanol–water partition coefficient (Wildman–Crippen LogP) is 3.12. The van der Waals surface area contributed by atoms with Crippen LogP contribution < -0.4 is 5.73 Å². The molecule has 0 amide bonds. The lowest BCUT2D eigenvalue weighted by Crippen LogP contribution is -2.28. The molecule has 2 nitrogen and oxygen atoms in total. The fourth-order valence-corrected chi connectivity index (χ4v) is 2.41. The molecule has 2 N–H and O–H groups in total. The largest absolute Gasteiger partial charge is 0.324 e. The maximum atomic E-state index is 6.21. The van der Waals surface area contributed by atoms with Gasteiger partial charge in [-0.1, -0.05) is 36.4 Å². The molecule has 1 atom stereocenters. The van der Waals surface area contributed by atoms with Gasteiger partial charge in [0.1, 0.15) is 0 Å². The second-order valence-corrected chi connectivity index (χ2v) is 5.17. The lowest BCUT2D eigenvalue weighted by Gasteiger charge is -2.21. The predicted molar refractivity (Wildman–Crippen MR) is 77.4 cm³/mol. The standard InChI is InChI=1S/C16H24N2/c1-2-12-18(15-10-11-15)13-6-9-16(17)14-7-4-3-5-8-14/h2-5,7-8,15-16H,1,6,9-13,17H2. The van der Waals surface area contributed by atoms with Gasteiger partial charge < -0.3 is 5.73 Å². The smallest absolute Gasteiger partial charge is 0.0295 e. The minimum absolute atomic E-state index is 0.177. The molecule has 0 heterocycles. The van der Waals surface area contributed by atoms with Crippen LogP contribution in [0.1, 0.15) is 37.3 Å². The van der Waals surface area contributed by atoms with Crippen molar-refractivity contribution in [3.05, 3.63) is 48.6 Å². The zero-order chi connectivity index (χ0) is 12.8. The minimum Gasteiger partial charge on any atom is -0.324 e. The minimum atomic E-state index is 0.177. The number of hydrogen-bond donors (Lipinski definition) is 1. The van der Waals surface area contributed by atoms with Crippen LogP contribution in [0.25, 0.3) is 0 Å². The van der Waals surface area contributed by atoms with Crippen molar-refractivity contribution < 1.29 is 0 Å². The van der Waals surface area contributed by atoms with E-state index in [2.05, 4.69) is 35.7 Å². The van der Waals surface area contributed by atoms with Crippen molar-refractivity contribution in [3.8, 4) is 0 Å². The van der Waals surface area contributed by atoms with Gasteiger partial charge in [0.2, 0.25) is 0 Å². The van der Waals surface area contributed by atoms with E-state index < -0.39 is 0 Å². The first kappa shape index (κ1) is 13.3. The Hall–Kier alpha value is -1.12. The van der Waals surface area contributed by atoms with Gasteiger partial charge in [0.05, 0.1) is 0 Å². The summed E-state index contributed by atoms with van der Waals surface area (Å²) in [5, 5.41) is 0. The summed E-state index contributed by atoms with van der Waals surface area (Å²) in [6.07, 6.45) is 6.96. The Morgan fingerprint density at radius 1 is 1.33 bits per heavy atom. The highest BCUT2D eigenvalue weighted by molar-refractivity contribution is 5.18. The molecule has 1 unspecified atom stereocenters. The number of nitrogens with two attached hydrogens (primary N) is 1. The Balaban J connectivity index is 1.72. The van der Waals surface area contributed by atoms with Gasteiger partial charge in [-0.05, 0) is 37.8 Å². The zero-order valence-corrected chi connectivity index (χ0v) is 11.1. The van der Waals surface area contributed by atoms with Crippen molar-refractivity contribution in [2.45, 2.75) is 37.8 Å². The molecule has 2 rings (SSSR count). The first-order valence-electron chi connectivity index (χ1n) is 6.96. The third-order valence-corrected chi connectivity index (χ3v) is 3.62. The highest BCUT2D eigenvalue weighted by Gasteiger charge is 2.27. The average Bonchev–Trinajstić information content (AvgIpc) is 3.23. The maximum Gasteiger partial charge on any atom is 0.0295 e. The van der Waals surface area contributed by atoms with Gasteiger partial charge in [0.15, 0.2) is 0 Å². The SMILES string of the molecule is C=CCN(CCCC(N)c1ccccc1)C1CC1. The van der Waals surface area contributed by atoms with E-state index in [1.54, 1.807) is 0 Å². The molecule has 0 saturated heterocycles. The number of benzene rings is 1. The van der Waals surface area contributed by atoms with Crippen LogP contribution in [0.5, 0.6) is 0 Å². The van der Waals surface area contributed by atoms with Crippen molar-refractivity contribution in [2.24, 2.45) is 5.73 Å². The molecule has 1 aromatic carbocycles. The first-order chi connectivity index (χ1) is 8.81. The Morgan fingerprint density at radius 3 is 2.67 bits per heavy atom. The number of nitrogens with zero attached hydrogens (tertiary/aromatic N) is 1. The van der Waals surface area contributed by atoms with E-state index in [4.69, 9.17) is 5.73 Å². The molecule has 0 spiro atoms. The Morgan fingerprint density at radius 2 is 2.06 bits per heavy atom. The highest BCUT2D eigenvalue weighted by atomic mass is 15.2. The van der Waals surface area contributed by atoms with Gasteiger partial charge in [-0.15, -0.1) is 6.58 Å². The van der Waals surface area contributed by atoms with Crippen LogP contribution >= 0.6 is 0 Å². The summed E-state index contributed by atoms with van der Waals surface area (Å²) in [4.78, 5) is 2.53. The van der Waals surface area contributed by atoms with Crippen LogP contribution in [0, 0.1) is 0 Å². The monoisotopic (exact) mass is 244 g/mol. The van der Waals surface area contributed by atoms with E-state index in [9.17, 15) is 0 Å². The highest BCUT2D eigenvalue weighted by Crippen LogP contribution is 2.27. The molecule has 0 radical (unpaired) electrons. The summed E-state index contributed by atoms with van der Waals surface area (Å²) in [7, 11) is 0. The van der Waals surface area contributed by atoms with Crippen molar-refractivity contribution in [1.82, 2.24) is 4.90 Å². The van der Waals surface area contributed by atoms with E-state index in [1.807, 2.05) is 12.1 Å². The van der Waals surface area contributed by atoms with Gasteiger partial charge in [0.25, 0.3) is 0 Å². The quantitative estimate of drug-likeness (QED) is 0.712. The maximum absolute atomic E-state index is 6.21. The third kappa shape index (κ3) is 3.97. The molecule has 0 aliphatic heterocycles. The molecular weight excluding hydrogens is 220 g/mol. The molecule has 1 fully saturated rings. The van der Waals surface area contributed by atoms with E-state index in [0.29, 0.717) is 0 Å². The number of hydrogen-bond acceptors (Lipinski definition) is 2. The van der Waals surface area contributed by atoms with E-state index in [0.717, 1.165) is 25.6 Å². The first-order valence-corrected chi connectivity index (χ1v) is 6.96. The molecule has 1 aromatic rings. The molecule has 1 saturated carbocycles. The fraction of sp³-hybridized carbons (Fsp3) is 0.500. The van der Waals surface area contributed by atoms with Crippen molar-refractivity contribution in [3.63, 3.8) is 0 Å². The second kappa shape index (κ2) is 6.72. The summed E-state index contributed by atoms with van der Waals surface area (Å²) in [6, 6.07) is 11.4. The average molecular weight is 244 g/mol. The van der Waals surface area contributed by atoms with Crippen molar-refractivity contribution in [2.75, 3.05) is 13.1 Å². The van der Waals surface area contributed by atoms with Gasteiger partial charge in [0, 0.05) is 18.6 Å². The zero-order valence-electron chi connectivity index (χ0n) is 11.1. The molecule has 98 valence electrons. The summed E-state index contributed by atoms with van der Waals surface area (Å²) >= 11 is 0. The van der Waals surface area contributed by atoms with Crippen LogP contribution in [0.2, 0.25) is 0 Å². The topological polar surface area (TPSA) is 29.3 Å². The van der Waals surface area contributed by atoms with Gasteiger partial charge in [-0.3, -0.25) is 4.90 Å². The van der Waals surface area contributed by atoms with Crippen LogP contribution in [-0.2, 0) is 0 Å². The Bertz CT molecular complexity index is 357. The van der Waals surface area contributed by atoms with Crippen LogP contribution in [0.4, 0.5) is 0 Å². The Kier molecular flexibility index (Phi) is 4.97.